The molecule has 1 aromatic carbocycles. The first-order valence-electron chi connectivity index (χ1n) is 7.11. The first kappa shape index (κ1) is 17.8. The number of nitrogens with one attached hydrogen (secondary N) is 1. The summed E-state index contributed by atoms with van der Waals surface area (Å²) >= 11 is 0. The number of nitrogens with zero attached hydrogens (tertiary/aromatic N) is 1. The zero-order valence-electron chi connectivity index (χ0n) is 12.6. The number of carbonyl (C=O) groups is 1. The number of carboxylic acids is 1. The van der Waals surface area contributed by atoms with E-state index in [1.165, 1.54) is 6.92 Å². The lowest BCUT2D eigenvalue weighted by atomic mass is 10.1. The Morgan fingerprint density at radius 3 is 2.48 bits per heavy atom. The maximum atomic E-state index is 13.8. The normalized spacial score (nSPS) is 17.3. The summed E-state index contributed by atoms with van der Waals surface area (Å²) in [5.74, 6) is -2.87. The van der Waals surface area contributed by atoms with Crippen molar-refractivity contribution in [2.45, 2.75) is 30.7 Å². The first-order chi connectivity index (χ1) is 10.7. The van der Waals surface area contributed by atoms with E-state index < -0.39 is 38.6 Å². The van der Waals surface area contributed by atoms with Gasteiger partial charge in [0.2, 0.25) is 10.0 Å². The van der Waals surface area contributed by atoms with E-state index in [1.54, 1.807) is 4.90 Å². The molecular formula is C14H18F2N2O4S. The van der Waals surface area contributed by atoms with Gasteiger partial charge in [0, 0.05) is 25.2 Å². The zero-order valence-corrected chi connectivity index (χ0v) is 13.4. The highest BCUT2D eigenvalue weighted by atomic mass is 32.2. The van der Waals surface area contributed by atoms with E-state index in [0.29, 0.717) is 32.0 Å². The lowest BCUT2D eigenvalue weighted by Gasteiger charge is -2.31. The molecule has 0 radical (unpaired) electrons. The maximum Gasteiger partial charge on any atom is 0.317 e. The number of hydrogen-bond acceptors (Lipinski definition) is 4. The molecule has 1 aliphatic rings. The number of aliphatic carboxylic acids is 1. The van der Waals surface area contributed by atoms with Crippen molar-refractivity contribution in [1.82, 2.24) is 9.62 Å². The van der Waals surface area contributed by atoms with Crippen LogP contribution >= 0.6 is 0 Å². The van der Waals surface area contributed by atoms with Crippen LogP contribution in [-0.2, 0) is 14.8 Å². The highest BCUT2D eigenvalue weighted by Gasteiger charge is 2.27. The van der Waals surface area contributed by atoms with Crippen LogP contribution in [0.5, 0.6) is 0 Å². The Balaban J connectivity index is 2.06. The Kier molecular flexibility index (Phi) is 5.33. The molecule has 0 unspecified atom stereocenters. The molecule has 1 fully saturated rings. The van der Waals surface area contributed by atoms with Gasteiger partial charge in [-0.05, 0) is 31.4 Å². The minimum atomic E-state index is -4.10. The van der Waals surface area contributed by atoms with Crippen molar-refractivity contribution < 1.29 is 27.1 Å². The molecule has 9 heteroatoms. The van der Waals surface area contributed by atoms with Crippen molar-refractivity contribution >= 4 is 16.0 Å². The van der Waals surface area contributed by atoms with E-state index in [0.717, 1.165) is 6.07 Å². The molecular weight excluding hydrogens is 330 g/mol. The fraction of sp³-hybridized carbons (Fsp3) is 0.500. The van der Waals surface area contributed by atoms with Crippen LogP contribution < -0.4 is 4.72 Å². The van der Waals surface area contributed by atoms with Crippen LogP contribution in [0.2, 0.25) is 0 Å². The number of aryl methyl sites for hydroxylation is 1. The Morgan fingerprint density at radius 2 is 1.91 bits per heavy atom. The van der Waals surface area contributed by atoms with E-state index in [2.05, 4.69) is 4.72 Å². The zero-order chi connectivity index (χ0) is 17.2. The molecule has 0 spiro atoms. The molecule has 0 atom stereocenters. The largest absolute Gasteiger partial charge is 0.480 e. The van der Waals surface area contributed by atoms with Gasteiger partial charge in [-0.3, -0.25) is 9.69 Å². The van der Waals surface area contributed by atoms with Crippen molar-refractivity contribution in [3.63, 3.8) is 0 Å². The summed E-state index contributed by atoms with van der Waals surface area (Å²) in [6, 6.07) is 1.11. The molecule has 1 aliphatic heterocycles. The van der Waals surface area contributed by atoms with Crippen LogP contribution in [0.3, 0.4) is 0 Å². The molecule has 128 valence electrons. The lowest BCUT2D eigenvalue weighted by Crippen LogP contribution is -2.46. The van der Waals surface area contributed by atoms with E-state index in [-0.39, 0.29) is 12.1 Å². The third kappa shape index (κ3) is 4.46. The number of carboxylic acid groups (broad SMARTS) is 1. The van der Waals surface area contributed by atoms with E-state index >= 15 is 0 Å². The third-order valence-electron chi connectivity index (χ3n) is 3.77. The van der Waals surface area contributed by atoms with Gasteiger partial charge in [-0.15, -0.1) is 0 Å². The standard InChI is InChI=1S/C14H18F2N2O4S/c1-9-6-13(12(16)7-11(9)15)23(21,22)17-10-2-4-18(5-3-10)8-14(19)20/h6-7,10,17H,2-5,8H2,1H3,(H,19,20). The number of hydrogen-bond donors (Lipinski definition) is 2. The maximum absolute atomic E-state index is 13.8. The van der Waals surface area contributed by atoms with Gasteiger partial charge in [0.15, 0.2) is 0 Å². The van der Waals surface area contributed by atoms with Crippen molar-refractivity contribution in [3.8, 4) is 0 Å². The summed E-state index contributed by atoms with van der Waals surface area (Å²) in [6.45, 7) is 2.14. The van der Waals surface area contributed by atoms with Crippen molar-refractivity contribution in [3.05, 3.63) is 29.3 Å². The monoisotopic (exact) mass is 348 g/mol. The van der Waals surface area contributed by atoms with Gasteiger partial charge in [0.1, 0.15) is 16.5 Å². The number of benzene rings is 1. The average Bonchev–Trinajstić information content (AvgIpc) is 2.44. The third-order valence-corrected chi connectivity index (χ3v) is 5.31. The highest BCUT2D eigenvalue weighted by molar-refractivity contribution is 7.89. The van der Waals surface area contributed by atoms with Crippen LogP contribution in [-0.4, -0.2) is 50.1 Å². The van der Waals surface area contributed by atoms with Gasteiger partial charge >= 0.3 is 5.97 Å². The summed E-state index contributed by atoms with van der Waals surface area (Å²) < 4.78 is 53.9. The Morgan fingerprint density at radius 1 is 1.30 bits per heavy atom. The Labute approximate surface area is 133 Å². The minimum absolute atomic E-state index is 0.0445. The molecule has 1 saturated heterocycles. The number of likely N-dealkylation sites (tertiary alicyclic amines) is 1. The minimum Gasteiger partial charge on any atom is -0.480 e. The van der Waals surface area contributed by atoms with Crippen molar-refractivity contribution in [2.24, 2.45) is 0 Å². The fourth-order valence-electron chi connectivity index (χ4n) is 2.52. The molecule has 2 N–H and O–H groups in total. The van der Waals surface area contributed by atoms with Crippen molar-refractivity contribution in [1.29, 1.82) is 0 Å². The fourth-order valence-corrected chi connectivity index (χ4v) is 3.97. The molecule has 6 nitrogen and oxygen atoms in total. The first-order valence-corrected chi connectivity index (χ1v) is 8.59. The number of rotatable bonds is 5. The van der Waals surface area contributed by atoms with Gasteiger partial charge in [-0.2, -0.15) is 0 Å². The summed E-state index contributed by atoms with van der Waals surface area (Å²) in [6.07, 6.45) is 0.850. The Hall–Kier alpha value is -1.58. The second kappa shape index (κ2) is 6.90. The summed E-state index contributed by atoms with van der Waals surface area (Å²) in [4.78, 5) is 11.8. The number of sulfonamides is 1. The lowest BCUT2D eigenvalue weighted by molar-refractivity contribution is -0.138. The molecule has 0 amide bonds. The molecule has 1 heterocycles. The SMILES string of the molecule is Cc1cc(S(=O)(=O)NC2CCN(CC(=O)O)CC2)c(F)cc1F. The van der Waals surface area contributed by atoms with Crippen molar-refractivity contribution in [2.75, 3.05) is 19.6 Å². The second-order valence-corrected chi connectivity index (χ2v) is 7.28. The number of halogens is 2. The Bertz CT molecular complexity index is 701. The molecule has 0 bridgehead atoms. The van der Waals surface area contributed by atoms with E-state index in [4.69, 9.17) is 5.11 Å². The molecule has 0 saturated carbocycles. The molecule has 0 aliphatic carbocycles. The van der Waals surface area contributed by atoms with E-state index in [1.807, 2.05) is 0 Å². The quantitative estimate of drug-likeness (QED) is 0.832. The summed E-state index contributed by atoms with van der Waals surface area (Å²) in [5, 5.41) is 8.72. The average molecular weight is 348 g/mol. The summed E-state index contributed by atoms with van der Waals surface area (Å²) in [7, 11) is -4.10. The van der Waals surface area contributed by atoms with E-state index in [9.17, 15) is 22.0 Å². The predicted molar refractivity (Wildman–Crippen MR) is 78.5 cm³/mol. The van der Waals surface area contributed by atoms with Gasteiger partial charge in [-0.1, -0.05) is 0 Å². The summed E-state index contributed by atoms with van der Waals surface area (Å²) in [5.41, 5.74) is 0.0445. The highest BCUT2D eigenvalue weighted by Crippen LogP contribution is 2.20. The molecule has 0 aromatic heterocycles. The van der Waals surface area contributed by atoms with Crippen LogP contribution in [0.4, 0.5) is 8.78 Å². The predicted octanol–water partition coefficient (Wildman–Crippen LogP) is 1.10. The van der Waals surface area contributed by atoms with Gasteiger partial charge < -0.3 is 5.11 Å². The topological polar surface area (TPSA) is 86.7 Å². The van der Waals surface area contributed by atoms with Gasteiger partial charge in [0.25, 0.3) is 0 Å². The van der Waals surface area contributed by atoms with Crippen LogP contribution in [0.15, 0.2) is 17.0 Å². The molecule has 2 rings (SSSR count). The van der Waals surface area contributed by atoms with Crippen LogP contribution in [0.25, 0.3) is 0 Å². The number of piperidine rings is 1. The van der Waals surface area contributed by atoms with Gasteiger partial charge in [0.05, 0.1) is 6.54 Å². The smallest absolute Gasteiger partial charge is 0.317 e. The van der Waals surface area contributed by atoms with Crippen LogP contribution in [0.1, 0.15) is 18.4 Å². The second-order valence-electron chi connectivity index (χ2n) is 5.60. The molecule has 23 heavy (non-hydrogen) atoms. The van der Waals surface area contributed by atoms with Gasteiger partial charge in [-0.25, -0.2) is 21.9 Å². The molecule has 1 aromatic rings. The van der Waals surface area contributed by atoms with Crippen LogP contribution in [0, 0.1) is 18.6 Å².